The van der Waals surface area contributed by atoms with Crippen molar-refractivity contribution in [3.8, 4) is 0 Å². The van der Waals surface area contributed by atoms with Crippen molar-refractivity contribution in [1.29, 1.82) is 0 Å². The van der Waals surface area contributed by atoms with Crippen LogP contribution in [0.1, 0.15) is 12.8 Å². The third kappa shape index (κ3) is 2.92. The van der Waals surface area contributed by atoms with Crippen LogP contribution in [0.4, 0.5) is 0 Å². The van der Waals surface area contributed by atoms with Gasteiger partial charge in [0.2, 0.25) is 0 Å². The summed E-state index contributed by atoms with van der Waals surface area (Å²) in [5.74, 6) is -2.98. The van der Waals surface area contributed by atoms with Crippen molar-refractivity contribution >= 4 is 17.9 Å². The summed E-state index contributed by atoms with van der Waals surface area (Å²) in [7, 11) is 0. The van der Waals surface area contributed by atoms with Crippen molar-refractivity contribution in [1.82, 2.24) is 0 Å². The van der Waals surface area contributed by atoms with Crippen LogP contribution in [0.3, 0.4) is 0 Å². The van der Waals surface area contributed by atoms with Crippen LogP contribution < -0.4 is 0 Å². The average Bonchev–Trinajstić information content (AvgIpc) is 2.92. The van der Waals surface area contributed by atoms with E-state index in [2.05, 4.69) is 26.3 Å². The number of cyclic esters (lactones) is 1. The molecule has 1 N–H and O–H groups in total. The van der Waals surface area contributed by atoms with Gasteiger partial charge in [-0.3, -0.25) is 0 Å². The quantitative estimate of drug-likeness (QED) is 0.334. The normalized spacial score (nSPS) is 34.9. The van der Waals surface area contributed by atoms with E-state index in [1.807, 2.05) is 0 Å². The van der Waals surface area contributed by atoms with Gasteiger partial charge in [0, 0.05) is 22.5 Å². The molecule has 0 aromatic rings. The highest BCUT2D eigenvalue weighted by Gasteiger charge is 2.63. The van der Waals surface area contributed by atoms with Crippen LogP contribution in [0.25, 0.3) is 0 Å². The molecule has 0 radical (unpaired) electrons. The molecule has 0 spiro atoms. The summed E-state index contributed by atoms with van der Waals surface area (Å²) in [4.78, 5) is 36.5. The lowest BCUT2D eigenvalue weighted by molar-refractivity contribution is -0.182. The van der Waals surface area contributed by atoms with Crippen molar-refractivity contribution in [2.45, 2.75) is 25.0 Å². The molecule has 7 nitrogen and oxygen atoms in total. The molecule has 0 unspecified atom stereocenters. The summed E-state index contributed by atoms with van der Waals surface area (Å²) in [6.45, 7) is 14.4. The van der Waals surface area contributed by atoms with E-state index < -0.39 is 54.0 Å². The number of allylic oxidation sites excluding steroid dienone is 1. The lowest BCUT2D eigenvalue weighted by atomic mass is 9.56. The van der Waals surface area contributed by atoms with Gasteiger partial charge in [0.1, 0.15) is 12.2 Å². The summed E-state index contributed by atoms with van der Waals surface area (Å²) in [5.41, 5.74) is -0.345. The molecule has 0 amide bonds. The second kappa shape index (κ2) is 6.81. The minimum Gasteiger partial charge on any atom is -0.462 e. The summed E-state index contributed by atoms with van der Waals surface area (Å²) in [6, 6.07) is 0. The third-order valence-corrected chi connectivity index (χ3v) is 5.68. The monoisotopic (exact) mass is 374 g/mol. The highest BCUT2D eigenvalue weighted by molar-refractivity contribution is 5.93. The second-order valence-corrected chi connectivity index (χ2v) is 7.26. The molecule has 2 aliphatic heterocycles. The van der Waals surface area contributed by atoms with Gasteiger partial charge in [-0.2, -0.15) is 0 Å². The zero-order chi connectivity index (χ0) is 19.9. The van der Waals surface area contributed by atoms with Crippen LogP contribution >= 0.6 is 0 Å². The van der Waals surface area contributed by atoms with E-state index in [4.69, 9.17) is 19.3 Å². The fraction of sp³-hybridized carbons (Fsp3) is 0.450. The van der Waals surface area contributed by atoms with Crippen LogP contribution in [0, 0.1) is 17.3 Å². The minimum atomic E-state index is -0.757. The maximum absolute atomic E-state index is 12.2. The van der Waals surface area contributed by atoms with E-state index in [-0.39, 0.29) is 23.3 Å². The van der Waals surface area contributed by atoms with Gasteiger partial charge in [-0.1, -0.05) is 25.8 Å². The smallest absolute Gasteiger partial charge is 0.336 e. The Labute approximate surface area is 157 Å². The molecule has 1 aliphatic carbocycles. The maximum atomic E-state index is 12.2. The maximum Gasteiger partial charge on any atom is 0.336 e. The SMILES string of the molecule is C=CC[C@@]12COC(=O)C(=C)[C@@H]1[C@H]1OC(=O)C(=C)[C@@H]1[C@@H](OC(=O)C(=C)CO)C2. The molecule has 2 heterocycles. The first kappa shape index (κ1) is 19.1. The van der Waals surface area contributed by atoms with Gasteiger partial charge >= 0.3 is 17.9 Å². The number of carbonyl (C=O) groups excluding carboxylic acids is 3. The molecule has 5 atom stereocenters. The van der Waals surface area contributed by atoms with Crippen LogP contribution in [-0.2, 0) is 28.6 Å². The largest absolute Gasteiger partial charge is 0.462 e. The Balaban J connectivity index is 2.03. The molecule has 1 saturated carbocycles. The molecule has 3 aliphatic rings. The summed E-state index contributed by atoms with van der Waals surface area (Å²) >= 11 is 0. The standard InChI is InChI=1S/C20H22O7/c1-5-6-20-7-13(26-17(22)10(2)8-21)14-11(3)19(24)27-16(14)15(20)12(4)18(23)25-9-20/h5,13-16,21H,1-4,6-9H2/t13-,14+,15+,16-,20+/m0/s1. The first-order chi connectivity index (χ1) is 12.8. The van der Waals surface area contributed by atoms with Crippen LogP contribution in [0.2, 0.25) is 0 Å². The molecule has 0 aromatic carbocycles. The molecule has 3 fully saturated rings. The Morgan fingerprint density at radius 2 is 2.00 bits per heavy atom. The fourth-order valence-corrected chi connectivity index (χ4v) is 4.42. The Morgan fingerprint density at radius 3 is 2.63 bits per heavy atom. The number of hydrogen-bond donors (Lipinski definition) is 1. The van der Waals surface area contributed by atoms with Crippen LogP contribution in [0.5, 0.6) is 0 Å². The zero-order valence-corrected chi connectivity index (χ0v) is 14.9. The Bertz CT molecular complexity index is 764. The van der Waals surface area contributed by atoms with E-state index in [1.165, 1.54) is 0 Å². The van der Waals surface area contributed by atoms with Gasteiger partial charge in [-0.15, -0.1) is 6.58 Å². The lowest BCUT2D eigenvalue weighted by Crippen LogP contribution is -2.58. The van der Waals surface area contributed by atoms with Gasteiger partial charge in [-0.25, -0.2) is 14.4 Å². The highest BCUT2D eigenvalue weighted by Crippen LogP contribution is 2.56. The van der Waals surface area contributed by atoms with Crippen molar-refractivity contribution in [2.75, 3.05) is 13.2 Å². The first-order valence-corrected chi connectivity index (χ1v) is 8.62. The number of hydrogen-bond acceptors (Lipinski definition) is 7. The lowest BCUT2D eigenvalue weighted by Gasteiger charge is -2.52. The van der Waals surface area contributed by atoms with E-state index in [1.54, 1.807) is 6.08 Å². The number of aliphatic hydroxyl groups excluding tert-OH is 1. The molecule has 0 aromatic heterocycles. The number of rotatable bonds is 5. The Morgan fingerprint density at radius 1 is 1.30 bits per heavy atom. The van der Waals surface area contributed by atoms with E-state index in [0.29, 0.717) is 12.8 Å². The summed E-state index contributed by atoms with van der Waals surface area (Å²) in [6.07, 6.45) is 0.963. The third-order valence-electron chi connectivity index (χ3n) is 5.68. The second-order valence-electron chi connectivity index (χ2n) is 7.26. The van der Waals surface area contributed by atoms with Gasteiger partial charge in [0.15, 0.2) is 0 Å². The van der Waals surface area contributed by atoms with Gasteiger partial charge < -0.3 is 19.3 Å². The number of aliphatic hydroxyl groups is 1. The Hall–Kier alpha value is -2.67. The number of carbonyl (C=O) groups is 3. The number of esters is 3. The minimum absolute atomic E-state index is 0.0732. The molecule has 2 saturated heterocycles. The highest BCUT2D eigenvalue weighted by atomic mass is 16.6. The van der Waals surface area contributed by atoms with Gasteiger partial charge in [0.05, 0.1) is 24.7 Å². The van der Waals surface area contributed by atoms with Crippen molar-refractivity contribution in [2.24, 2.45) is 17.3 Å². The van der Waals surface area contributed by atoms with Crippen molar-refractivity contribution in [3.05, 3.63) is 49.1 Å². The van der Waals surface area contributed by atoms with Crippen LogP contribution in [0.15, 0.2) is 49.1 Å². The summed E-state index contributed by atoms with van der Waals surface area (Å²) < 4.78 is 16.4. The predicted molar refractivity (Wildman–Crippen MR) is 94.1 cm³/mol. The average molecular weight is 374 g/mol. The molecule has 7 heteroatoms. The molecule has 27 heavy (non-hydrogen) atoms. The molecular weight excluding hydrogens is 352 g/mol. The zero-order valence-electron chi connectivity index (χ0n) is 14.9. The fourth-order valence-electron chi connectivity index (χ4n) is 4.42. The summed E-state index contributed by atoms with van der Waals surface area (Å²) in [5, 5.41) is 9.12. The number of fused-ring (bicyclic) bond motifs is 3. The predicted octanol–water partition coefficient (Wildman–Crippen LogP) is 1.24. The molecular formula is C20H22O7. The first-order valence-electron chi connectivity index (χ1n) is 8.62. The van der Waals surface area contributed by atoms with Crippen LogP contribution in [-0.4, -0.2) is 48.4 Å². The molecule has 0 bridgehead atoms. The van der Waals surface area contributed by atoms with Crippen molar-refractivity contribution < 1.29 is 33.7 Å². The Kier molecular flexibility index (Phi) is 4.82. The molecule has 144 valence electrons. The van der Waals surface area contributed by atoms with E-state index in [0.717, 1.165) is 0 Å². The number of ether oxygens (including phenoxy) is 3. The van der Waals surface area contributed by atoms with E-state index >= 15 is 0 Å². The van der Waals surface area contributed by atoms with Gasteiger partial charge in [-0.05, 0) is 12.8 Å². The molecule has 3 rings (SSSR count). The topological polar surface area (TPSA) is 99.1 Å². The van der Waals surface area contributed by atoms with Gasteiger partial charge in [0.25, 0.3) is 0 Å². The van der Waals surface area contributed by atoms with E-state index in [9.17, 15) is 14.4 Å². The van der Waals surface area contributed by atoms with Crippen molar-refractivity contribution in [3.63, 3.8) is 0 Å².